The zero-order valence-electron chi connectivity index (χ0n) is 4.03. The van der Waals surface area contributed by atoms with Gasteiger partial charge in [-0.2, -0.15) is 9.79 Å². The summed E-state index contributed by atoms with van der Waals surface area (Å²) in [5.41, 5.74) is 0. The van der Waals surface area contributed by atoms with Crippen LogP contribution in [-0.4, -0.2) is 16.5 Å². The monoisotopic (exact) mass is 123 g/mol. The van der Waals surface area contributed by atoms with E-state index in [9.17, 15) is 0 Å². The normalized spacial score (nSPS) is 10.7. The lowest BCUT2D eigenvalue weighted by Gasteiger charge is -1.99. The lowest BCUT2D eigenvalue weighted by molar-refractivity contribution is 0.317. The summed E-state index contributed by atoms with van der Waals surface area (Å²) in [5, 5.41) is 0. The molecule has 42 valence electrons. The Morgan fingerprint density at radius 1 is 1.71 bits per heavy atom. The van der Waals surface area contributed by atoms with Gasteiger partial charge in [-0.3, -0.25) is 4.52 Å². The molecule has 0 aliphatic carbocycles. The summed E-state index contributed by atoms with van der Waals surface area (Å²) in [4.78, 5) is 16.8. The van der Waals surface area contributed by atoms with E-state index in [4.69, 9.17) is 9.79 Å². The predicted octanol–water partition coefficient (Wildman–Crippen LogP) is 0.523. The highest BCUT2D eigenvalue weighted by molar-refractivity contribution is 7.58. The van der Waals surface area contributed by atoms with Crippen molar-refractivity contribution >= 4 is 7.94 Å². The third-order valence-electron chi connectivity index (χ3n) is 0.274. The Bertz CT molecular complexity index is 65.1. The lowest BCUT2D eigenvalue weighted by atomic mass is 11.2. The second kappa shape index (κ2) is 2.26. The second-order valence-corrected chi connectivity index (χ2v) is 2.99. The van der Waals surface area contributed by atoms with Crippen molar-refractivity contribution in [3.05, 3.63) is 12.8 Å². The third-order valence-corrected chi connectivity index (χ3v) is 0.823. The van der Waals surface area contributed by atoms with Gasteiger partial charge in [-0.05, 0) is 0 Å². The van der Waals surface area contributed by atoms with Crippen LogP contribution in [-0.2, 0) is 4.52 Å². The minimum atomic E-state index is -3.03. The third kappa shape index (κ3) is 5.89. The van der Waals surface area contributed by atoms with E-state index in [2.05, 4.69) is 11.1 Å². The molecular weight excluding hydrogens is 115 g/mol. The molecule has 0 saturated carbocycles. The minimum absolute atomic E-state index is 1.01. The summed E-state index contributed by atoms with van der Waals surface area (Å²) >= 11 is 0. The van der Waals surface area contributed by atoms with Gasteiger partial charge in [0.05, 0.1) is 0 Å². The Morgan fingerprint density at radius 2 is 2.14 bits per heavy atom. The van der Waals surface area contributed by atoms with E-state index in [0.29, 0.717) is 0 Å². The number of hydrogen-bond donors (Lipinski definition) is 2. The van der Waals surface area contributed by atoms with Crippen LogP contribution < -0.4 is 0 Å². The average Bonchev–Trinajstić information content (AvgIpc) is 1.30. The van der Waals surface area contributed by atoms with Crippen molar-refractivity contribution in [3.63, 3.8) is 0 Å². The fourth-order valence-electron chi connectivity index (χ4n) is 0.141. The maximum Gasteiger partial charge on any atom is 0.447 e. The zero-order valence-corrected chi connectivity index (χ0v) is 4.93. The van der Waals surface area contributed by atoms with E-state index in [0.717, 1.165) is 6.26 Å². The van der Waals surface area contributed by atoms with Crippen molar-refractivity contribution in [1.29, 1.82) is 0 Å². The van der Waals surface area contributed by atoms with Crippen LogP contribution in [0.2, 0.25) is 0 Å². The molecule has 0 amide bonds. The maximum absolute atomic E-state index is 8.39. The molecule has 0 aromatic rings. The van der Waals surface area contributed by atoms with Gasteiger partial charge in [0.25, 0.3) is 0 Å². The van der Waals surface area contributed by atoms with E-state index in [1.165, 1.54) is 6.66 Å². The molecule has 0 bridgehead atoms. The van der Waals surface area contributed by atoms with Crippen molar-refractivity contribution in [2.45, 2.75) is 0 Å². The quantitative estimate of drug-likeness (QED) is 0.415. The fourth-order valence-corrected chi connectivity index (χ4v) is 0.424. The first kappa shape index (κ1) is 6.89. The van der Waals surface area contributed by atoms with Crippen molar-refractivity contribution in [2.24, 2.45) is 0 Å². The summed E-state index contributed by atoms with van der Waals surface area (Å²) in [7, 11) is -3.03. The SMILES string of the molecule is C=CO[P+](C)(O)O. The highest BCUT2D eigenvalue weighted by atomic mass is 31.2. The van der Waals surface area contributed by atoms with Crippen LogP contribution in [0.15, 0.2) is 12.8 Å². The van der Waals surface area contributed by atoms with Crippen LogP contribution in [0.3, 0.4) is 0 Å². The first-order valence-corrected chi connectivity index (χ1v) is 3.73. The average molecular weight is 123 g/mol. The second-order valence-electron chi connectivity index (χ2n) is 1.11. The molecule has 0 aliphatic heterocycles. The molecule has 0 spiro atoms. The van der Waals surface area contributed by atoms with Gasteiger partial charge in [0, 0.05) is 0 Å². The van der Waals surface area contributed by atoms with Gasteiger partial charge in [0.15, 0.2) is 0 Å². The number of rotatable bonds is 2. The Hall–Kier alpha value is -0.110. The molecule has 0 fully saturated rings. The molecule has 4 heteroatoms. The van der Waals surface area contributed by atoms with Crippen molar-refractivity contribution in [3.8, 4) is 0 Å². The van der Waals surface area contributed by atoms with E-state index >= 15 is 0 Å². The molecule has 0 aromatic heterocycles. The van der Waals surface area contributed by atoms with Crippen LogP contribution in [0.5, 0.6) is 0 Å². The van der Waals surface area contributed by atoms with Gasteiger partial charge < -0.3 is 0 Å². The van der Waals surface area contributed by atoms with Gasteiger partial charge in [-0.15, -0.1) is 0 Å². The van der Waals surface area contributed by atoms with E-state index in [-0.39, 0.29) is 0 Å². The molecule has 0 aromatic carbocycles. The lowest BCUT2D eigenvalue weighted by Crippen LogP contribution is -1.85. The largest absolute Gasteiger partial charge is 0.447 e. The van der Waals surface area contributed by atoms with Crippen LogP contribution in [0.25, 0.3) is 0 Å². The summed E-state index contributed by atoms with van der Waals surface area (Å²) in [6.07, 6.45) is 1.01. The summed E-state index contributed by atoms with van der Waals surface area (Å²) in [6.45, 7) is 4.33. The molecule has 7 heavy (non-hydrogen) atoms. The predicted molar refractivity (Wildman–Crippen MR) is 28.6 cm³/mol. The molecule has 0 aliphatic rings. The summed E-state index contributed by atoms with van der Waals surface area (Å²) in [5.74, 6) is 0. The molecule has 2 N–H and O–H groups in total. The molecular formula is C3H8O3P+. The van der Waals surface area contributed by atoms with Crippen molar-refractivity contribution in [1.82, 2.24) is 0 Å². The molecule has 0 rings (SSSR count). The van der Waals surface area contributed by atoms with Crippen LogP contribution in [0.1, 0.15) is 0 Å². The van der Waals surface area contributed by atoms with Crippen molar-refractivity contribution < 1.29 is 14.3 Å². The Kier molecular flexibility index (Phi) is 2.23. The molecule has 0 radical (unpaired) electrons. The van der Waals surface area contributed by atoms with E-state index in [1.807, 2.05) is 0 Å². The first-order valence-electron chi connectivity index (χ1n) is 1.67. The Labute approximate surface area is 42.8 Å². The first-order chi connectivity index (χ1) is 3.06. The molecule has 0 heterocycles. The van der Waals surface area contributed by atoms with Gasteiger partial charge >= 0.3 is 7.94 Å². The van der Waals surface area contributed by atoms with Gasteiger partial charge in [-0.1, -0.05) is 6.58 Å². The zero-order chi connectivity index (χ0) is 5.91. The molecule has 3 nitrogen and oxygen atoms in total. The van der Waals surface area contributed by atoms with E-state index < -0.39 is 7.94 Å². The number of hydrogen-bond acceptors (Lipinski definition) is 3. The highest BCUT2D eigenvalue weighted by Crippen LogP contribution is 2.46. The minimum Gasteiger partial charge on any atom is -0.296 e. The standard InChI is InChI=1S/C3H8O3P/c1-3-6-7(2,4)5/h3-5H,1H2,2H3/q+1. The van der Waals surface area contributed by atoms with Crippen LogP contribution in [0.4, 0.5) is 0 Å². The van der Waals surface area contributed by atoms with Crippen molar-refractivity contribution in [2.75, 3.05) is 6.66 Å². The van der Waals surface area contributed by atoms with Crippen LogP contribution in [0, 0.1) is 0 Å². The maximum atomic E-state index is 8.39. The van der Waals surface area contributed by atoms with Gasteiger partial charge in [0.1, 0.15) is 12.9 Å². The smallest absolute Gasteiger partial charge is 0.296 e. The summed E-state index contributed by atoms with van der Waals surface area (Å²) in [6, 6.07) is 0. The summed E-state index contributed by atoms with van der Waals surface area (Å²) < 4.78 is 4.22. The Morgan fingerprint density at radius 3 is 2.14 bits per heavy atom. The topological polar surface area (TPSA) is 49.7 Å². The van der Waals surface area contributed by atoms with E-state index in [1.54, 1.807) is 0 Å². The van der Waals surface area contributed by atoms with Crippen LogP contribution >= 0.6 is 7.94 Å². The Balaban J connectivity index is 3.34. The molecule has 0 saturated heterocycles. The highest BCUT2D eigenvalue weighted by Gasteiger charge is 2.25. The fraction of sp³-hybridized carbons (Fsp3) is 0.333. The van der Waals surface area contributed by atoms with Gasteiger partial charge in [-0.25, -0.2) is 0 Å². The van der Waals surface area contributed by atoms with Gasteiger partial charge in [0.2, 0.25) is 0 Å². The molecule has 0 atom stereocenters. The molecule has 0 unspecified atom stereocenters.